The van der Waals surface area contributed by atoms with E-state index in [2.05, 4.69) is 10.6 Å². The maximum Gasteiger partial charge on any atom is 0.236 e. The van der Waals surface area contributed by atoms with Crippen LogP contribution in [-0.4, -0.2) is 112 Å². The molecule has 3 aromatic carbocycles. The third kappa shape index (κ3) is 15.4. The number of hydrogen-bond donors (Lipinski definition) is 12. The Morgan fingerprint density at radius 3 is 1.72 bits per heavy atom. The molecule has 1 saturated heterocycles. The summed E-state index contributed by atoms with van der Waals surface area (Å²) in [5.41, 5.74) is 6.67. The smallest absolute Gasteiger partial charge is 0.236 e. The van der Waals surface area contributed by atoms with Crippen molar-refractivity contribution >= 4 is 29.3 Å². The van der Waals surface area contributed by atoms with E-state index in [0.717, 1.165) is 19.3 Å². The molecule has 3 amide bonds. The van der Waals surface area contributed by atoms with E-state index in [-0.39, 0.29) is 97.0 Å². The van der Waals surface area contributed by atoms with Gasteiger partial charge in [-0.15, -0.1) is 0 Å². The summed E-state index contributed by atoms with van der Waals surface area (Å²) in [7, 11) is 1.48. The van der Waals surface area contributed by atoms with Crippen LogP contribution >= 0.6 is 0 Å². The van der Waals surface area contributed by atoms with Crippen LogP contribution in [0.4, 0.5) is 0 Å². The Kier molecular flexibility index (Phi) is 21.6. The zero-order chi connectivity index (χ0) is 44.4. The average molecular weight is 845 g/mol. The van der Waals surface area contributed by atoms with Crippen molar-refractivity contribution in [1.29, 1.82) is 0 Å². The normalized spacial score (nSPS) is 13.5. The molecule has 13 N–H and O–H groups in total. The van der Waals surface area contributed by atoms with Gasteiger partial charge in [0.25, 0.3) is 0 Å². The molecule has 1 unspecified atom stereocenters. The Morgan fingerprint density at radius 2 is 1.22 bits per heavy atom. The maximum atomic E-state index is 12.3. The van der Waals surface area contributed by atoms with Gasteiger partial charge in [-0.2, -0.15) is 0 Å². The molecule has 332 valence electrons. The first-order valence-electron chi connectivity index (χ1n) is 19.1. The van der Waals surface area contributed by atoms with Crippen molar-refractivity contribution in [2.24, 2.45) is 5.73 Å². The second-order valence-electron chi connectivity index (χ2n) is 13.8. The minimum absolute atomic E-state index is 0. The summed E-state index contributed by atoms with van der Waals surface area (Å²) in [6.07, 6.45) is 4.73. The van der Waals surface area contributed by atoms with Gasteiger partial charge in [0.05, 0.1) is 12.1 Å². The number of carbonyl (C=O) groups excluding carboxylic acids is 5. The number of carbonyl (C=O) groups is 5. The summed E-state index contributed by atoms with van der Waals surface area (Å²) in [5.74, 6) is -4.92. The Balaban J connectivity index is 0.000000452. The number of likely N-dealkylation sites (tertiary alicyclic amines) is 1. The number of Topliss-reactive ketones (excluding diaryl/α,β-unsaturated/α-hetero) is 2. The number of nitrogens with two attached hydrogens (primary N) is 1. The van der Waals surface area contributed by atoms with Gasteiger partial charge in [0.2, 0.25) is 35.0 Å². The predicted molar refractivity (Wildman–Crippen MR) is 221 cm³/mol. The number of nitrogens with one attached hydrogen (secondary N) is 2. The van der Waals surface area contributed by atoms with Gasteiger partial charge >= 0.3 is 0 Å². The number of aromatic hydroxyl groups is 9. The fraction of sp³-hybridized carbons (Fsp3) is 0.452. The monoisotopic (exact) mass is 844 g/mol. The number of amides is 3. The fourth-order valence-electron chi connectivity index (χ4n) is 5.92. The van der Waals surface area contributed by atoms with E-state index in [0.29, 0.717) is 49.9 Å². The summed E-state index contributed by atoms with van der Waals surface area (Å²) in [6, 6.07) is 7.30. The molecule has 1 aliphatic heterocycles. The van der Waals surface area contributed by atoms with Gasteiger partial charge in [-0.3, -0.25) is 24.0 Å². The molecular weight excluding hydrogens is 784 g/mol. The first-order chi connectivity index (χ1) is 27.8. The van der Waals surface area contributed by atoms with E-state index in [1.807, 2.05) is 6.92 Å². The van der Waals surface area contributed by atoms with Crippen molar-refractivity contribution in [3.8, 4) is 51.7 Å². The molecule has 1 aliphatic rings. The van der Waals surface area contributed by atoms with Crippen LogP contribution in [0.1, 0.15) is 89.3 Å². The molecule has 18 nitrogen and oxygen atoms in total. The lowest BCUT2D eigenvalue weighted by molar-refractivity contribution is -0.140. The third-order valence-electron chi connectivity index (χ3n) is 9.54. The van der Waals surface area contributed by atoms with Gasteiger partial charge in [0.15, 0.2) is 40.3 Å². The second kappa shape index (κ2) is 25.1. The number of aryl methyl sites for hydroxylation is 1. The molecule has 60 heavy (non-hydrogen) atoms. The molecule has 18 heteroatoms. The molecule has 0 radical (unpaired) electrons. The van der Waals surface area contributed by atoms with Gasteiger partial charge in [0, 0.05) is 51.4 Å². The standard InChI is InChI=1S/C17H23NO5.C12H18N2O4.C12H15NO5.CH4/c1-11(19)13-6-2-3-10-18(13)15(21)7-4-5-12-8-9-14(20)17(23)16(12)22;1-2-8(13)12(18)14-6-5-7-3-4-9(15)11(17)10(7)16;1-13-10(16)5-3-8(14)6-7-2-4-9(15)12(18)11(7)17;/h8-9,13,20,22-23H,2-7,10H2,1H3;3-4,8,15-17H,2,5-6,13H2,1H3,(H,14,18);2,4,15,17-18H,3,5-6H2,1H3,(H,13,16);1H4/t;8-;;/m.0../s1. The summed E-state index contributed by atoms with van der Waals surface area (Å²) in [4.78, 5) is 59.5. The van der Waals surface area contributed by atoms with E-state index >= 15 is 0 Å². The molecule has 0 saturated carbocycles. The molecule has 1 heterocycles. The molecular formula is C42H60N4O14. The molecule has 1 fully saturated rings. The minimum Gasteiger partial charge on any atom is -0.504 e. The Labute approximate surface area is 348 Å². The van der Waals surface area contributed by atoms with Gasteiger partial charge < -0.3 is 67.2 Å². The highest BCUT2D eigenvalue weighted by Gasteiger charge is 2.29. The molecule has 2 atom stereocenters. The number of phenols is 9. The zero-order valence-corrected chi connectivity index (χ0v) is 33.4. The lowest BCUT2D eigenvalue weighted by Gasteiger charge is -2.34. The van der Waals surface area contributed by atoms with Crippen molar-refractivity contribution in [3.05, 3.63) is 53.1 Å². The summed E-state index contributed by atoms with van der Waals surface area (Å²) >= 11 is 0. The van der Waals surface area contributed by atoms with E-state index in [9.17, 15) is 59.7 Å². The molecule has 0 spiro atoms. The Hall–Kier alpha value is -6.43. The van der Waals surface area contributed by atoms with Gasteiger partial charge in [-0.05, 0) is 81.2 Å². The number of rotatable bonds is 15. The summed E-state index contributed by atoms with van der Waals surface area (Å²) < 4.78 is 0. The van der Waals surface area contributed by atoms with Crippen LogP contribution in [0.5, 0.6) is 51.7 Å². The number of hydrogen-bond acceptors (Lipinski definition) is 15. The SMILES string of the molecule is C.CC(=O)C1CCCCN1C(=O)CCCc1ccc(O)c(O)c1O.CC[C@H](N)C(=O)NCCc1ccc(O)c(O)c1O.CNC(=O)CCC(=O)Cc1ccc(O)c(O)c1O. The van der Waals surface area contributed by atoms with Crippen molar-refractivity contribution < 1.29 is 69.9 Å². The lowest BCUT2D eigenvalue weighted by atomic mass is 9.98. The average Bonchev–Trinajstić information content (AvgIpc) is 3.22. The Morgan fingerprint density at radius 1 is 0.717 bits per heavy atom. The highest BCUT2D eigenvalue weighted by molar-refractivity contribution is 5.88. The highest BCUT2D eigenvalue weighted by Crippen LogP contribution is 2.39. The fourth-order valence-corrected chi connectivity index (χ4v) is 5.92. The first-order valence-corrected chi connectivity index (χ1v) is 19.1. The summed E-state index contributed by atoms with van der Waals surface area (Å²) in [6.45, 7) is 4.25. The number of piperidine rings is 1. The lowest BCUT2D eigenvalue weighted by Crippen LogP contribution is -2.47. The van der Waals surface area contributed by atoms with Crippen molar-refractivity contribution in [2.45, 2.75) is 104 Å². The van der Waals surface area contributed by atoms with Crippen LogP contribution in [0.15, 0.2) is 36.4 Å². The molecule has 3 aromatic rings. The van der Waals surface area contributed by atoms with Crippen LogP contribution in [-0.2, 0) is 43.2 Å². The molecule has 4 rings (SSSR count). The number of benzene rings is 3. The van der Waals surface area contributed by atoms with Gasteiger partial charge in [0.1, 0.15) is 5.78 Å². The summed E-state index contributed by atoms with van der Waals surface area (Å²) in [5, 5.41) is 89.5. The van der Waals surface area contributed by atoms with Crippen LogP contribution in [0, 0.1) is 0 Å². The molecule has 0 bridgehead atoms. The van der Waals surface area contributed by atoms with E-state index in [1.165, 1.54) is 50.4 Å². The number of ketones is 2. The first kappa shape index (κ1) is 51.6. The van der Waals surface area contributed by atoms with E-state index in [1.54, 1.807) is 4.90 Å². The maximum absolute atomic E-state index is 12.3. The second-order valence-corrected chi connectivity index (χ2v) is 13.8. The van der Waals surface area contributed by atoms with Crippen LogP contribution in [0.3, 0.4) is 0 Å². The predicted octanol–water partition coefficient (Wildman–Crippen LogP) is 3.37. The number of nitrogens with zero attached hydrogens (tertiary/aromatic N) is 1. The largest absolute Gasteiger partial charge is 0.504 e. The van der Waals surface area contributed by atoms with E-state index in [4.69, 9.17) is 15.9 Å². The topological polar surface area (TPSA) is 321 Å². The van der Waals surface area contributed by atoms with Crippen LogP contribution < -0.4 is 16.4 Å². The van der Waals surface area contributed by atoms with Crippen LogP contribution in [0.2, 0.25) is 0 Å². The van der Waals surface area contributed by atoms with Gasteiger partial charge in [-0.25, -0.2) is 0 Å². The van der Waals surface area contributed by atoms with Crippen molar-refractivity contribution in [1.82, 2.24) is 15.5 Å². The molecule has 0 aromatic heterocycles. The highest BCUT2D eigenvalue weighted by atomic mass is 16.3. The van der Waals surface area contributed by atoms with E-state index < -0.39 is 34.8 Å². The van der Waals surface area contributed by atoms with Crippen molar-refractivity contribution in [3.63, 3.8) is 0 Å². The van der Waals surface area contributed by atoms with Crippen LogP contribution in [0.25, 0.3) is 0 Å². The third-order valence-corrected chi connectivity index (χ3v) is 9.54. The van der Waals surface area contributed by atoms with Crippen molar-refractivity contribution in [2.75, 3.05) is 20.1 Å². The quantitative estimate of drug-likeness (QED) is 0.0976. The molecule has 0 aliphatic carbocycles. The Bertz CT molecular complexity index is 1940. The zero-order valence-electron chi connectivity index (χ0n) is 33.4. The number of phenolic OH excluding ortho intramolecular Hbond substituents is 9. The minimum atomic E-state index is -0.647. The van der Waals surface area contributed by atoms with Gasteiger partial charge in [-0.1, -0.05) is 32.5 Å².